The van der Waals surface area contributed by atoms with E-state index in [4.69, 9.17) is 4.74 Å². The summed E-state index contributed by atoms with van der Waals surface area (Å²) in [5.41, 5.74) is 3.09. The van der Waals surface area contributed by atoms with Gasteiger partial charge in [0.1, 0.15) is 0 Å². The number of ether oxygens (including phenoxy) is 1. The summed E-state index contributed by atoms with van der Waals surface area (Å²) >= 11 is 0. The van der Waals surface area contributed by atoms with Crippen LogP contribution in [0.25, 0.3) is 0 Å². The Kier molecular flexibility index (Phi) is 4.44. The average molecular weight is 310 g/mol. The summed E-state index contributed by atoms with van der Waals surface area (Å²) in [6, 6.07) is 14.2. The van der Waals surface area contributed by atoms with Gasteiger partial charge in [-0.25, -0.2) is 0 Å². The van der Waals surface area contributed by atoms with Crippen LogP contribution in [0.5, 0.6) is 0 Å². The van der Waals surface area contributed by atoms with Crippen LogP contribution < -0.4 is 0 Å². The molecule has 2 heterocycles. The first-order valence-electron chi connectivity index (χ1n) is 7.87. The summed E-state index contributed by atoms with van der Waals surface area (Å²) < 4.78 is 5.42. The number of hydrogen-bond donors (Lipinski definition) is 0. The minimum absolute atomic E-state index is 0.0738. The van der Waals surface area contributed by atoms with Crippen molar-refractivity contribution in [2.45, 2.75) is 18.8 Å². The summed E-state index contributed by atoms with van der Waals surface area (Å²) in [5, 5.41) is 0. The molecule has 0 saturated carbocycles. The van der Waals surface area contributed by atoms with Crippen molar-refractivity contribution in [3.8, 4) is 0 Å². The second kappa shape index (κ2) is 6.50. The second-order valence-electron chi connectivity index (χ2n) is 6.25. The zero-order valence-corrected chi connectivity index (χ0v) is 13.7. The van der Waals surface area contributed by atoms with Gasteiger partial charge in [-0.15, -0.1) is 0 Å². The lowest BCUT2D eigenvalue weighted by Crippen LogP contribution is -2.63. The molecule has 1 aliphatic rings. The van der Waals surface area contributed by atoms with Crippen molar-refractivity contribution in [1.82, 2.24) is 9.88 Å². The highest BCUT2D eigenvalue weighted by Gasteiger charge is 2.46. The molecule has 120 valence electrons. The van der Waals surface area contributed by atoms with E-state index >= 15 is 0 Å². The molecule has 1 amide bonds. The van der Waals surface area contributed by atoms with E-state index in [1.54, 1.807) is 13.3 Å². The average Bonchev–Trinajstić information content (AvgIpc) is 2.53. The van der Waals surface area contributed by atoms with Crippen molar-refractivity contribution in [2.75, 3.05) is 26.8 Å². The van der Waals surface area contributed by atoms with Gasteiger partial charge in [-0.1, -0.05) is 36.4 Å². The van der Waals surface area contributed by atoms with E-state index in [-0.39, 0.29) is 11.3 Å². The highest BCUT2D eigenvalue weighted by Crippen LogP contribution is 2.35. The maximum absolute atomic E-state index is 12.5. The van der Waals surface area contributed by atoms with Gasteiger partial charge in [-0.05, 0) is 24.1 Å². The number of aryl methyl sites for hydroxylation is 1. The maximum Gasteiger partial charge on any atom is 0.227 e. The molecule has 2 aromatic rings. The molecular weight excluding hydrogens is 288 g/mol. The largest absolute Gasteiger partial charge is 0.384 e. The van der Waals surface area contributed by atoms with Gasteiger partial charge >= 0.3 is 0 Å². The minimum Gasteiger partial charge on any atom is -0.384 e. The fourth-order valence-corrected chi connectivity index (χ4v) is 3.27. The zero-order valence-electron chi connectivity index (χ0n) is 13.7. The first kappa shape index (κ1) is 15.7. The topological polar surface area (TPSA) is 42.4 Å². The molecule has 0 aliphatic carbocycles. The molecule has 1 aromatic carbocycles. The van der Waals surface area contributed by atoms with E-state index in [0.29, 0.717) is 26.1 Å². The number of carbonyl (C=O) groups excluding carboxylic acids is 1. The van der Waals surface area contributed by atoms with E-state index in [1.165, 1.54) is 5.56 Å². The molecule has 3 rings (SSSR count). The van der Waals surface area contributed by atoms with Crippen molar-refractivity contribution in [1.29, 1.82) is 0 Å². The number of amides is 1. The fraction of sp³-hybridized carbons (Fsp3) is 0.368. The molecule has 0 spiro atoms. The monoisotopic (exact) mass is 310 g/mol. The molecule has 0 unspecified atom stereocenters. The summed E-state index contributed by atoms with van der Waals surface area (Å²) in [4.78, 5) is 18.7. The van der Waals surface area contributed by atoms with Gasteiger partial charge in [0, 0.05) is 32.1 Å². The lowest BCUT2D eigenvalue weighted by molar-refractivity contribution is -0.140. The van der Waals surface area contributed by atoms with Crippen LogP contribution in [0.15, 0.2) is 48.7 Å². The van der Waals surface area contributed by atoms with Crippen molar-refractivity contribution < 1.29 is 9.53 Å². The number of hydrogen-bond acceptors (Lipinski definition) is 3. The number of pyridine rings is 1. The number of methoxy groups -OCH3 is 1. The number of benzene rings is 1. The zero-order chi connectivity index (χ0) is 16.3. The van der Waals surface area contributed by atoms with Gasteiger partial charge in [-0.3, -0.25) is 9.78 Å². The third-order valence-electron chi connectivity index (χ3n) is 4.60. The Morgan fingerprint density at radius 2 is 1.96 bits per heavy atom. The van der Waals surface area contributed by atoms with E-state index in [0.717, 1.165) is 11.3 Å². The smallest absolute Gasteiger partial charge is 0.227 e. The minimum atomic E-state index is -0.0738. The first-order chi connectivity index (χ1) is 11.1. The Morgan fingerprint density at radius 3 is 2.61 bits per heavy atom. The number of carbonyl (C=O) groups is 1. The number of nitrogens with zero attached hydrogens (tertiary/aromatic N) is 2. The standard InChI is InChI=1S/C19H22N2O2/c1-15-16(7-6-10-20-15)11-18(22)21-12-19(13-21,14-23-2)17-8-4-3-5-9-17/h3-10H,11-14H2,1-2H3. The normalized spacial score (nSPS) is 16.0. The third-order valence-corrected chi connectivity index (χ3v) is 4.60. The number of rotatable bonds is 5. The second-order valence-corrected chi connectivity index (χ2v) is 6.25. The van der Waals surface area contributed by atoms with Gasteiger partial charge < -0.3 is 9.64 Å². The Morgan fingerprint density at radius 1 is 1.22 bits per heavy atom. The SMILES string of the molecule is COCC1(c2ccccc2)CN(C(=O)Cc2cccnc2C)C1. The molecule has 0 atom stereocenters. The van der Waals surface area contributed by atoms with Gasteiger partial charge in [0.05, 0.1) is 18.4 Å². The van der Waals surface area contributed by atoms with Gasteiger partial charge in [-0.2, -0.15) is 0 Å². The summed E-state index contributed by atoms with van der Waals surface area (Å²) in [6.07, 6.45) is 2.17. The Balaban J connectivity index is 1.68. The van der Waals surface area contributed by atoms with Crippen molar-refractivity contribution in [3.05, 3.63) is 65.5 Å². The molecule has 1 aliphatic heterocycles. The molecule has 4 heteroatoms. The highest BCUT2D eigenvalue weighted by atomic mass is 16.5. The van der Waals surface area contributed by atoms with Crippen LogP contribution in [0.3, 0.4) is 0 Å². The number of likely N-dealkylation sites (tertiary alicyclic amines) is 1. The third kappa shape index (κ3) is 3.13. The molecular formula is C19H22N2O2. The maximum atomic E-state index is 12.5. The highest BCUT2D eigenvalue weighted by molar-refractivity contribution is 5.80. The van der Waals surface area contributed by atoms with Crippen LogP contribution >= 0.6 is 0 Å². The van der Waals surface area contributed by atoms with Crippen LogP contribution in [0, 0.1) is 6.92 Å². The van der Waals surface area contributed by atoms with Gasteiger partial charge in [0.15, 0.2) is 0 Å². The molecule has 0 bridgehead atoms. The Hall–Kier alpha value is -2.20. The molecule has 0 N–H and O–H groups in total. The summed E-state index contributed by atoms with van der Waals surface area (Å²) in [5.74, 6) is 0.156. The summed E-state index contributed by atoms with van der Waals surface area (Å²) in [7, 11) is 1.72. The van der Waals surface area contributed by atoms with Crippen LogP contribution in [-0.4, -0.2) is 42.6 Å². The molecule has 1 aromatic heterocycles. The number of aromatic nitrogens is 1. The van der Waals surface area contributed by atoms with E-state index in [2.05, 4.69) is 17.1 Å². The van der Waals surface area contributed by atoms with E-state index < -0.39 is 0 Å². The lowest BCUT2D eigenvalue weighted by Gasteiger charge is -2.50. The molecule has 1 fully saturated rings. The van der Waals surface area contributed by atoms with Crippen molar-refractivity contribution >= 4 is 5.91 Å². The van der Waals surface area contributed by atoms with E-state index in [1.807, 2.05) is 42.2 Å². The first-order valence-corrected chi connectivity index (χ1v) is 7.87. The van der Waals surface area contributed by atoms with Crippen LogP contribution in [0.1, 0.15) is 16.8 Å². The fourth-order valence-electron chi connectivity index (χ4n) is 3.27. The van der Waals surface area contributed by atoms with Crippen molar-refractivity contribution in [3.63, 3.8) is 0 Å². The van der Waals surface area contributed by atoms with Crippen LogP contribution in [0.2, 0.25) is 0 Å². The van der Waals surface area contributed by atoms with Crippen molar-refractivity contribution in [2.24, 2.45) is 0 Å². The predicted octanol–water partition coefficient (Wildman–Crippen LogP) is 2.36. The van der Waals surface area contributed by atoms with Crippen LogP contribution in [0.4, 0.5) is 0 Å². The quantitative estimate of drug-likeness (QED) is 0.851. The lowest BCUT2D eigenvalue weighted by atomic mass is 9.74. The molecule has 1 saturated heterocycles. The van der Waals surface area contributed by atoms with Gasteiger partial charge in [0.25, 0.3) is 0 Å². The predicted molar refractivity (Wildman–Crippen MR) is 89.3 cm³/mol. The van der Waals surface area contributed by atoms with Gasteiger partial charge in [0.2, 0.25) is 5.91 Å². The summed E-state index contributed by atoms with van der Waals surface area (Å²) in [6.45, 7) is 4.00. The Bertz CT molecular complexity index is 679. The molecule has 23 heavy (non-hydrogen) atoms. The Labute approximate surface area is 137 Å². The van der Waals surface area contributed by atoms with E-state index in [9.17, 15) is 4.79 Å². The molecule has 4 nitrogen and oxygen atoms in total. The van der Waals surface area contributed by atoms with Crippen LogP contribution in [-0.2, 0) is 21.4 Å². The molecule has 0 radical (unpaired) electrons.